The summed E-state index contributed by atoms with van der Waals surface area (Å²) < 4.78 is 5.71. The molecule has 2 N–H and O–H groups in total. The lowest BCUT2D eigenvalue weighted by atomic mass is 9.96. The van der Waals surface area contributed by atoms with Crippen LogP contribution in [0.25, 0.3) is 22.4 Å². The summed E-state index contributed by atoms with van der Waals surface area (Å²) in [5.41, 5.74) is 10.8. The van der Waals surface area contributed by atoms with Crippen molar-refractivity contribution in [1.29, 1.82) is 0 Å². The number of hydrogen-bond acceptors (Lipinski definition) is 7. The zero-order valence-electron chi connectivity index (χ0n) is 20.4. The Morgan fingerprint density at radius 3 is 2.71 bits per heavy atom. The van der Waals surface area contributed by atoms with E-state index < -0.39 is 0 Å². The number of rotatable bonds is 5. The number of hydrogen-bond donors (Lipinski definition) is 1. The van der Waals surface area contributed by atoms with Crippen LogP contribution < -0.4 is 10.5 Å². The molecule has 4 heterocycles. The Balaban J connectivity index is 1.48. The maximum absolute atomic E-state index is 13.5. The van der Waals surface area contributed by atoms with Gasteiger partial charge in [-0.2, -0.15) is 0 Å². The number of piperidine rings is 1. The van der Waals surface area contributed by atoms with E-state index in [2.05, 4.69) is 26.8 Å². The van der Waals surface area contributed by atoms with Gasteiger partial charge in [-0.1, -0.05) is 19.4 Å². The monoisotopic (exact) mass is 472 g/mol. The van der Waals surface area contributed by atoms with Crippen molar-refractivity contribution in [3.63, 3.8) is 0 Å². The van der Waals surface area contributed by atoms with Gasteiger partial charge < -0.3 is 15.4 Å². The molecule has 2 aromatic heterocycles. The fourth-order valence-corrected chi connectivity index (χ4v) is 5.29. The third-order valence-corrected chi connectivity index (χ3v) is 7.17. The third-order valence-electron chi connectivity index (χ3n) is 7.17. The minimum absolute atomic E-state index is 0.0264. The van der Waals surface area contributed by atoms with E-state index in [4.69, 9.17) is 10.5 Å². The number of carbonyl (C=O) groups excluding carboxylic acids is 1. The lowest BCUT2D eigenvalue weighted by molar-refractivity contribution is 0.0370. The average molecular weight is 473 g/mol. The second kappa shape index (κ2) is 10.00. The van der Waals surface area contributed by atoms with Crippen LogP contribution in [0.4, 0.5) is 5.82 Å². The average Bonchev–Trinajstić information content (AvgIpc) is 2.92. The molecule has 0 aliphatic carbocycles. The van der Waals surface area contributed by atoms with E-state index in [0.717, 1.165) is 67.1 Å². The minimum atomic E-state index is 0.0264. The van der Waals surface area contributed by atoms with Gasteiger partial charge in [-0.05, 0) is 50.1 Å². The molecule has 3 aromatic rings. The molecule has 1 amide bonds. The molecule has 0 saturated carbocycles. The number of nitrogens with two attached hydrogens (primary N) is 1. The molecule has 182 valence electrons. The van der Waals surface area contributed by atoms with Gasteiger partial charge in [0, 0.05) is 48.6 Å². The summed E-state index contributed by atoms with van der Waals surface area (Å²) in [4.78, 5) is 31.4. The van der Waals surface area contributed by atoms with E-state index >= 15 is 0 Å². The molecular formula is C27H32N6O2. The van der Waals surface area contributed by atoms with Gasteiger partial charge in [-0.25, -0.2) is 15.0 Å². The van der Waals surface area contributed by atoms with Gasteiger partial charge in [0.05, 0.1) is 24.1 Å². The number of carbonyl (C=O) groups is 1. The minimum Gasteiger partial charge on any atom is -0.496 e. The Morgan fingerprint density at radius 1 is 1.09 bits per heavy atom. The molecule has 8 nitrogen and oxygen atoms in total. The predicted octanol–water partition coefficient (Wildman–Crippen LogP) is 3.67. The summed E-state index contributed by atoms with van der Waals surface area (Å²) in [7, 11) is 1.61. The number of aromatic nitrogens is 3. The highest BCUT2D eigenvalue weighted by molar-refractivity contribution is 5.98. The zero-order chi connectivity index (χ0) is 24.4. The molecule has 2 aliphatic heterocycles. The number of piperazine rings is 1. The fraction of sp³-hybridized carbons (Fsp3) is 0.407. The van der Waals surface area contributed by atoms with Crippen molar-refractivity contribution in [3.05, 3.63) is 54.1 Å². The summed E-state index contributed by atoms with van der Waals surface area (Å²) in [5.74, 6) is 1.04. The number of benzene rings is 1. The van der Waals surface area contributed by atoms with Crippen LogP contribution in [0, 0.1) is 0 Å². The number of pyridine rings is 1. The smallest absolute Gasteiger partial charge is 0.257 e. The normalized spacial score (nSPS) is 18.2. The van der Waals surface area contributed by atoms with E-state index in [1.807, 2.05) is 29.2 Å². The number of methoxy groups -OCH3 is 1. The molecule has 2 aliphatic rings. The number of fused-ring (bicyclic) bond motifs is 1. The Hall–Kier alpha value is -3.52. The molecular weight excluding hydrogens is 440 g/mol. The molecule has 8 heteroatoms. The number of amides is 1. The van der Waals surface area contributed by atoms with Crippen molar-refractivity contribution in [1.82, 2.24) is 24.8 Å². The van der Waals surface area contributed by atoms with E-state index in [9.17, 15) is 4.79 Å². The van der Waals surface area contributed by atoms with Crippen molar-refractivity contribution in [2.24, 2.45) is 0 Å². The number of anilines is 1. The second-order valence-corrected chi connectivity index (χ2v) is 9.22. The largest absolute Gasteiger partial charge is 0.496 e. The van der Waals surface area contributed by atoms with E-state index in [1.165, 1.54) is 12.8 Å². The Morgan fingerprint density at radius 2 is 1.94 bits per heavy atom. The zero-order valence-corrected chi connectivity index (χ0v) is 20.4. The van der Waals surface area contributed by atoms with Crippen LogP contribution in [-0.4, -0.2) is 70.0 Å². The first-order valence-electron chi connectivity index (χ1n) is 12.4. The molecule has 2 fully saturated rings. The van der Waals surface area contributed by atoms with E-state index in [-0.39, 0.29) is 5.91 Å². The van der Waals surface area contributed by atoms with Crippen LogP contribution in [0.2, 0.25) is 0 Å². The molecule has 0 spiro atoms. The van der Waals surface area contributed by atoms with Gasteiger partial charge >= 0.3 is 0 Å². The van der Waals surface area contributed by atoms with Crippen LogP contribution in [0.1, 0.15) is 42.2 Å². The highest BCUT2D eigenvalue weighted by atomic mass is 16.5. The molecule has 1 aromatic carbocycles. The standard InChI is InChI=1S/C27H32N6O2/c1-3-22-25(19-8-10-24(28)29-15-19)26(31-17-30-22)18-7-9-21(23(14-18)35-2)27(34)33-13-12-32-11-5-4-6-20(32)16-33/h7-10,14-15,17,20H,3-6,11-13,16H2,1-2H3,(H2,28,29). The molecule has 1 atom stereocenters. The SMILES string of the molecule is CCc1ncnc(-c2ccc(C(=O)N3CCN4CCCCC4C3)c(OC)c2)c1-c1ccc(N)nc1. The first-order chi connectivity index (χ1) is 17.1. The first kappa shape index (κ1) is 23.2. The first-order valence-corrected chi connectivity index (χ1v) is 12.4. The summed E-state index contributed by atoms with van der Waals surface area (Å²) >= 11 is 0. The van der Waals surface area contributed by atoms with E-state index in [1.54, 1.807) is 25.7 Å². The van der Waals surface area contributed by atoms with Gasteiger partial charge in [0.25, 0.3) is 5.91 Å². The summed E-state index contributed by atoms with van der Waals surface area (Å²) in [6.07, 6.45) is 7.74. The molecule has 2 saturated heterocycles. The van der Waals surface area contributed by atoms with Gasteiger partial charge in [0.15, 0.2) is 0 Å². The topological polar surface area (TPSA) is 97.5 Å². The Kier molecular flexibility index (Phi) is 6.63. The summed E-state index contributed by atoms with van der Waals surface area (Å²) in [6.45, 7) is 5.69. The van der Waals surface area contributed by atoms with Crippen LogP contribution in [0.5, 0.6) is 5.75 Å². The highest BCUT2D eigenvalue weighted by Crippen LogP contribution is 2.35. The Bertz CT molecular complexity index is 1210. The van der Waals surface area contributed by atoms with Crippen molar-refractivity contribution < 1.29 is 9.53 Å². The number of ether oxygens (including phenoxy) is 1. The molecule has 1 unspecified atom stereocenters. The maximum Gasteiger partial charge on any atom is 0.257 e. The van der Waals surface area contributed by atoms with Crippen molar-refractivity contribution in [3.8, 4) is 28.1 Å². The van der Waals surface area contributed by atoms with Crippen LogP contribution in [-0.2, 0) is 6.42 Å². The molecule has 0 radical (unpaired) electrons. The van der Waals surface area contributed by atoms with Crippen LogP contribution >= 0.6 is 0 Å². The van der Waals surface area contributed by atoms with Gasteiger partial charge in [-0.15, -0.1) is 0 Å². The molecule has 5 rings (SSSR count). The van der Waals surface area contributed by atoms with Gasteiger partial charge in [0.1, 0.15) is 17.9 Å². The number of nitrogen functional groups attached to an aromatic ring is 1. The Labute approximate surface area is 206 Å². The maximum atomic E-state index is 13.5. The third kappa shape index (κ3) is 4.58. The van der Waals surface area contributed by atoms with Gasteiger partial charge in [0.2, 0.25) is 0 Å². The van der Waals surface area contributed by atoms with Crippen molar-refractivity contribution in [2.45, 2.75) is 38.6 Å². The lowest BCUT2D eigenvalue weighted by Crippen LogP contribution is -2.56. The van der Waals surface area contributed by atoms with Crippen LogP contribution in [0.15, 0.2) is 42.9 Å². The number of nitrogens with zero attached hydrogens (tertiary/aromatic N) is 5. The second-order valence-electron chi connectivity index (χ2n) is 9.22. The van der Waals surface area contributed by atoms with Gasteiger partial charge in [-0.3, -0.25) is 9.69 Å². The van der Waals surface area contributed by atoms with Crippen molar-refractivity contribution in [2.75, 3.05) is 39.0 Å². The highest BCUT2D eigenvalue weighted by Gasteiger charge is 2.32. The quantitative estimate of drug-likeness (QED) is 0.605. The van der Waals surface area contributed by atoms with Crippen LogP contribution in [0.3, 0.4) is 0 Å². The number of aryl methyl sites for hydroxylation is 1. The lowest BCUT2D eigenvalue weighted by Gasteiger charge is -2.44. The fourth-order valence-electron chi connectivity index (χ4n) is 5.29. The summed E-state index contributed by atoms with van der Waals surface area (Å²) in [6, 6.07) is 9.89. The predicted molar refractivity (Wildman–Crippen MR) is 136 cm³/mol. The summed E-state index contributed by atoms with van der Waals surface area (Å²) in [5, 5.41) is 0. The van der Waals surface area contributed by atoms with Crippen molar-refractivity contribution >= 4 is 11.7 Å². The van der Waals surface area contributed by atoms with E-state index in [0.29, 0.717) is 23.2 Å². The molecule has 35 heavy (non-hydrogen) atoms. The molecule has 0 bridgehead atoms.